The van der Waals surface area contributed by atoms with Crippen molar-refractivity contribution < 1.29 is 4.42 Å². The maximum Gasteiger partial charge on any atom is 0.330 e. The minimum Gasteiger partial charge on any atom is -0.444 e. The molecule has 16 heavy (non-hydrogen) atoms. The number of hydrogen-bond donors (Lipinski definition) is 1. The van der Waals surface area contributed by atoms with Crippen molar-refractivity contribution in [3.63, 3.8) is 0 Å². The second kappa shape index (κ2) is 4.38. The van der Waals surface area contributed by atoms with Crippen LogP contribution in [0.25, 0.3) is 11.1 Å². The molecule has 0 aromatic carbocycles. The van der Waals surface area contributed by atoms with Crippen molar-refractivity contribution in [1.29, 1.82) is 0 Å². The summed E-state index contributed by atoms with van der Waals surface area (Å²) in [6, 6.07) is 0. The molecule has 0 atom stereocenters. The summed E-state index contributed by atoms with van der Waals surface area (Å²) in [6.07, 6.45) is 0. The van der Waals surface area contributed by atoms with Gasteiger partial charge in [-0.05, 0) is 13.8 Å². The zero-order valence-electron chi connectivity index (χ0n) is 10.2. The monoisotopic (exact) mass is 224 g/mol. The predicted octanol–water partition coefficient (Wildman–Crippen LogP) is 1.46. The summed E-state index contributed by atoms with van der Waals surface area (Å²) in [5, 5.41) is 0.449. The van der Waals surface area contributed by atoms with Crippen LogP contribution in [0.2, 0.25) is 0 Å². The van der Waals surface area contributed by atoms with E-state index < -0.39 is 11.2 Å². The molecule has 0 radical (unpaired) electrons. The van der Waals surface area contributed by atoms with Crippen LogP contribution in [0.4, 0.5) is 0 Å². The van der Waals surface area contributed by atoms with Gasteiger partial charge in [-0.15, -0.1) is 0 Å². The fraction of sp³-hybridized carbons (Fsp3) is 0.455. The Balaban J connectivity index is 0.000000606. The first-order valence-electron chi connectivity index (χ1n) is 5.21. The van der Waals surface area contributed by atoms with Crippen LogP contribution in [0.1, 0.15) is 25.2 Å². The zero-order valence-corrected chi connectivity index (χ0v) is 10.2. The van der Waals surface area contributed by atoms with Gasteiger partial charge in [-0.2, -0.15) is 0 Å². The van der Waals surface area contributed by atoms with Crippen LogP contribution in [-0.4, -0.2) is 9.55 Å². The van der Waals surface area contributed by atoms with Crippen LogP contribution in [0.5, 0.6) is 0 Å². The summed E-state index contributed by atoms with van der Waals surface area (Å²) >= 11 is 0. The molecule has 5 nitrogen and oxygen atoms in total. The number of rotatable bonds is 0. The molecule has 0 fully saturated rings. The fourth-order valence-corrected chi connectivity index (χ4v) is 1.45. The normalized spacial score (nSPS) is 10.1. The highest BCUT2D eigenvalue weighted by atomic mass is 16.3. The predicted molar refractivity (Wildman–Crippen MR) is 62.9 cm³/mol. The van der Waals surface area contributed by atoms with E-state index in [9.17, 15) is 9.59 Å². The quantitative estimate of drug-likeness (QED) is 0.736. The molecule has 0 saturated carbocycles. The second-order valence-corrected chi connectivity index (χ2v) is 3.28. The van der Waals surface area contributed by atoms with Crippen LogP contribution in [0.3, 0.4) is 0 Å². The van der Waals surface area contributed by atoms with Crippen LogP contribution in [0, 0.1) is 13.8 Å². The zero-order chi connectivity index (χ0) is 12.5. The van der Waals surface area contributed by atoms with Crippen molar-refractivity contribution in [2.45, 2.75) is 27.7 Å². The van der Waals surface area contributed by atoms with Gasteiger partial charge in [0.05, 0.1) is 0 Å². The lowest BCUT2D eigenvalue weighted by atomic mass is 10.2. The van der Waals surface area contributed by atoms with Crippen molar-refractivity contribution in [1.82, 2.24) is 9.55 Å². The average Bonchev–Trinajstić information content (AvgIpc) is 2.56. The van der Waals surface area contributed by atoms with Gasteiger partial charge in [-0.3, -0.25) is 14.3 Å². The maximum absolute atomic E-state index is 11.5. The van der Waals surface area contributed by atoms with Crippen LogP contribution in [0.15, 0.2) is 14.0 Å². The van der Waals surface area contributed by atoms with Crippen LogP contribution in [-0.2, 0) is 7.05 Å². The molecular formula is C11H16N2O3. The Morgan fingerprint density at radius 3 is 2.31 bits per heavy atom. The molecule has 1 N–H and O–H groups in total. The van der Waals surface area contributed by atoms with E-state index in [1.807, 2.05) is 13.8 Å². The third-order valence-electron chi connectivity index (χ3n) is 2.42. The maximum atomic E-state index is 11.5. The first-order chi connectivity index (χ1) is 7.52. The Morgan fingerprint density at radius 2 is 1.75 bits per heavy atom. The number of H-pyrrole nitrogens is 1. The Hall–Kier alpha value is -1.78. The molecule has 0 spiro atoms. The summed E-state index contributed by atoms with van der Waals surface area (Å²) in [5.74, 6) is 0.659. The summed E-state index contributed by atoms with van der Waals surface area (Å²) in [6.45, 7) is 7.56. The SMILES string of the molecule is CC.Cc1oc2c(c1C)c(=O)[nH]c(=O)n2C. The lowest BCUT2D eigenvalue weighted by Crippen LogP contribution is -2.27. The number of aromatic amines is 1. The Kier molecular flexibility index (Phi) is 3.37. The van der Waals surface area contributed by atoms with Gasteiger partial charge in [-0.25, -0.2) is 4.79 Å². The topological polar surface area (TPSA) is 68.0 Å². The van der Waals surface area contributed by atoms with Gasteiger partial charge < -0.3 is 4.42 Å². The minimum absolute atomic E-state index is 0.328. The number of hydrogen-bond acceptors (Lipinski definition) is 3. The Bertz CT molecular complexity index is 616. The molecule has 0 aliphatic heterocycles. The highest BCUT2D eigenvalue weighted by Crippen LogP contribution is 2.18. The molecule has 2 aromatic heterocycles. The number of fused-ring (bicyclic) bond motifs is 1. The third-order valence-corrected chi connectivity index (χ3v) is 2.42. The fourth-order valence-electron chi connectivity index (χ4n) is 1.45. The van der Waals surface area contributed by atoms with Crippen molar-refractivity contribution in [2.75, 3.05) is 0 Å². The molecule has 0 aliphatic rings. The summed E-state index contributed by atoms with van der Waals surface area (Å²) in [7, 11) is 1.56. The van der Waals surface area contributed by atoms with E-state index in [0.717, 1.165) is 5.56 Å². The smallest absolute Gasteiger partial charge is 0.330 e. The second-order valence-electron chi connectivity index (χ2n) is 3.28. The largest absolute Gasteiger partial charge is 0.444 e. The molecule has 0 amide bonds. The molecule has 0 aliphatic carbocycles. The summed E-state index contributed by atoms with van der Waals surface area (Å²) < 4.78 is 6.62. The van der Waals surface area contributed by atoms with Gasteiger partial charge in [0.1, 0.15) is 11.1 Å². The Morgan fingerprint density at radius 1 is 1.19 bits per heavy atom. The van der Waals surface area contributed by atoms with Gasteiger partial charge in [0, 0.05) is 12.6 Å². The van der Waals surface area contributed by atoms with E-state index in [0.29, 0.717) is 16.9 Å². The van der Waals surface area contributed by atoms with E-state index in [2.05, 4.69) is 4.98 Å². The van der Waals surface area contributed by atoms with Crippen LogP contribution < -0.4 is 11.2 Å². The van der Waals surface area contributed by atoms with Gasteiger partial charge in [0.25, 0.3) is 5.56 Å². The number of nitrogens with zero attached hydrogens (tertiary/aromatic N) is 1. The van der Waals surface area contributed by atoms with E-state index >= 15 is 0 Å². The minimum atomic E-state index is -0.462. The first-order valence-corrected chi connectivity index (χ1v) is 5.21. The highest BCUT2D eigenvalue weighted by molar-refractivity contribution is 5.77. The number of nitrogens with one attached hydrogen (secondary N) is 1. The molecule has 0 saturated heterocycles. The molecule has 88 valence electrons. The van der Waals surface area contributed by atoms with Crippen LogP contribution >= 0.6 is 0 Å². The van der Waals surface area contributed by atoms with Crippen molar-refractivity contribution in [3.05, 3.63) is 32.2 Å². The third kappa shape index (κ3) is 1.68. The first kappa shape index (κ1) is 12.3. The van der Waals surface area contributed by atoms with E-state index in [-0.39, 0.29) is 0 Å². The lowest BCUT2D eigenvalue weighted by Gasteiger charge is -1.95. The molecular weight excluding hydrogens is 208 g/mol. The standard InChI is InChI=1S/C9H10N2O3.C2H6/c1-4-5(2)14-8-6(4)7(12)10-9(13)11(8)3;1-2/h1-3H3,(H,10,12,13);1-2H3. The lowest BCUT2D eigenvalue weighted by molar-refractivity contribution is 0.541. The Labute approximate surface area is 92.7 Å². The molecule has 0 unspecified atom stereocenters. The summed E-state index contributed by atoms with van der Waals surface area (Å²) in [4.78, 5) is 24.9. The molecule has 0 bridgehead atoms. The molecule has 2 heterocycles. The summed E-state index contributed by atoms with van der Waals surface area (Å²) in [5.41, 5.74) is 0.249. The highest BCUT2D eigenvalue weighted by Gasteiger charge is 2.13. The molecule has 2 aromatic rings. The number of aromatic nitrogens is 2. The van der Waals surface area contributed by atoms with Gasteiger partial charge in [0.15, 0.2) is 0 Å². The van der Waals surface area contributed by atoms with Crippen molar-refractivity contribution in [3.8, 4) is 0 Å². The van der Waals surface area contributed by atoms with Gasteiger partial charge in [0.2, 0.25) is 5.71 Å². The molecule has 5 heteroatoms. The van der Waals surface area contributed by atoms with Gasteiger partial charge in [-0.1, -0.05) is 13.8 Å². The van der Waals surface area contributed by atoms with Gasteiger partial charge >= 0.3 is 5.69 Å². The van der Waals surface area contributed by atoms with E-state index in [4.69, 9.17) is 4.42 Å². The number of aryl methyl sites for hydroxylation is 3. The average molecular weight is 224 g/mol. The van der Waals surface area contributed by atoms with E-state index in [1.54, 1.807) is 20.9 Å². The number of furan rings is 1. The van der Waals surface area contributed by atoms with E-state index in [1.165, 1.54) is 4.57 Å². The van der Waals surface area contributed by atoms with Crippen molar-refractivity contribution in [2.24, 2.45) is 7.05 Å². The van der Waals surface area contributed by atoms with Crippen molar-refractivity contribution >= 4 is 11.1 Å². The molecule has 2 rings (SSSR count).